The Morgan fingerprint density at radius 3 is 1.19 bits per heavy atom. The van der Waals surface area contributed by atoms with E-state index >= 15 is 0 Å². The van der Waals surface area contributed by atoms with Gasteiger partial charge in [0.2, 0.25) is 0 Å². The zero-order chi connectivity index (χ0) is 24.9. The molecule has 5 aromatic carbocycles. The van der Waals surface area contributed by atoms with Gasteiger partial charge in [0.05, 0.1) is 11.1 Å². The molecule has 0 saturated carbocycles. The number of nitrogens with zero attached hydrogens (tertiary/aromatic N) is 3. The Kier molecular flexibility index (Phi) is 6.26. The summed E-state index contributed by atoms with van der Waals surface area (Å²) in [5.41, 5.74) is 6.16. The first-order chi connectivity index (χ1) is 17.7. The Morgan fingerprint density at radius 1 is 0.472 bits per heavy atom. The van der Waals surface area contributed by atoms with Crippen LogP contribution >= 0.6 is 0 Å². The van der Waals surface area contributed by atoms with E-state index in [0.29, 0.717) is 5.69 Å². The van der Waals surface area contributed by atoms with Crippen molar-refractivity contribution in [3.8, 4) is 34.4 Å². The fraction of sp³-hybridized carbons (Fsp3) is 0. The largest absolute Gasteiger partial charge is 0.310 e. The monoisotopic (exact) mass is 465 g/mol. The number of anilines is 3. The Balaban J connectivity index is 1.62. The smallest absolute Gasteiger partial charge is 0.158 e. The first-order valence-corrected chi connectivity index (χ1v) is 11.4. The van der Waals surface area contributed by atoms with Gasteiger partial charge in [-0.05, 0) is 58.7 Å². The second-order valence-corrected chi connectivity index (χ2v) is 8.24. The van der Waals surface area contributed by atoms with Crippen molar-refractivity contribution < 1.29 is 4.39 Å². The van der Waals surface area contributed by atoms with Crippen LogP contribution in [-0.2, 0) is 0 Å². The van der Waals surface area contributed by atoms with E-state index in [1.807, 2.05) is 126 Å². The van der Waals surface area contributed by atoms with Crippen LogP contribution in [0.4, 0.5) is 21.5 Å². The molecule has 3 nitrogen and oxygen atoms in total. The lowest BCUT2D eigenvalue weighted by atomic mass is 10.0. The average molecular weight is 466 g/mol. The molecule has 0 heterocycles. The highest BCUT2D eigenvalue weighted by Gasteiger charge is 2.18. The minimum atomic E-state index is -0.803. The van der Waals surface area contributed by atoms with Crippen LogP contribution in [0.2, 0.25) is 0 Å². The normalized spacial score (nSPS) is 10.3. The third-order valence-corrected chi connectivity index (χ3v) is 6.02. The lowest BCUT2D eigenvalue weighted by Crippen LogP contribution is -2.11. The molecule has 0 atom stereocenters. The summed E-state index contributed by atoms with van der Waals surface area (Å²) in [4.78, 5) is 1.92. The molecule has 0 radical (unpaired) electrons. The zero-order valence-corrected chi connectivity index (χ0v) is 19.3. The molecule has 0 spiro atoms. The molecule has 0 aliphatic carbocycles. The molecule has 0 N–H and O–H groups in total. The number of nitriles is 2. The van der Waals surface area contributed by atoms with Crippen LogP contribution in [0.5, 0.6) is 0 Å². The van der Waals surface area contributed by atoms with Gasteiger partial charge in [0.15, 0.2) is 5.82 Å². The average Bonchev–Trinajstić information content (AvgIpc) is 2.95. The molecule has 0 fully saturated rings. The maximum Gasteiger partial charge on any atom is 0.158 e. The quantitative estimate of drug-likeness (QED) is 0.262. The summed E-state index contributed by atoms with van der Waals surface area (Å²) in [7, 11) is 0. The van der Waals surface area contributed by atoms with Crippen LogP contribution in [0.15, 0.2) is 121 Å². The molecule has 0 bridgehead atoms. The van der Waals surface area contributed by atoms with Crippen LogP contribution in [0.25, 0.3) is 22.3 Å². The van der Waals surface area contributed by atoms with Crippen molar-refractivity contribution in [1.82, 2.24) is 0 Å². The Hall–Kier alpha value is -5.19. The van der Waals surface area contributed by atoms with Crippen LogP contribution in [-0.4, -0.2) is 0 Å². The van der Waals surface area contributed by atoms with Crippen molar-refractivity contribution in [1.29, 1.82) is 10.5 Å². The lowest BCUT2D eigenvalue weighted by Gasteiger charge is -2.26. The SMILES string of the molecule is N#Cc1cc(N(c2ccc(-c3ccccc3)cc2)c2ccc(-c3ccccc3)cc2)cc(C#N)c1F. The van der Waals surface area contributed by atoms with Crippen molar-refractivity contribution in [3.63, 3.8) is 0 Å². The van der Waals surface area contributed by atoms with Gasteiger partial charge in [-0.15, -0.1) is 0 Å². The summed E-state index contributed by atoms with van der Waals surface area (Å²) in [6.07, 6.45) is 0. The summed E-state index contributed by atoms with van der Waals surface area (Å²) >= 11 is 0. The van der Waals surface area contributed by atoms with E-state index in [0.717, 1.165) is 33.6 Å². The predicted molar refractivity (Wildman–Crippen MR) is 141 cm³/mol. The second kappa shape index (κ2) is 9.97. The summed E-state index contributed by atoms with van der Waals surface area (Å²) in [6, 6.07) is 42.9. The minimum absolute atomic E-state index is 0.170. The molecule has 5 aromatic rings. The third kappa shape index (κ3) is 4.44. The Labute approximate surface area is 209 Å². The zero-order valence-electron chi connectivity index (χ0n) is 19.3. The molecule has 5 rings (SSSR count). The van der Waals surface area contributed by atoms with E-state index in [9.17, 15) is 14.9 Å². The molecule has 0 saturated heterocycles. The highest BCUT2D eigenvalue weighted by molar-refractivity contribution is 5.81. The summed E-state index contributed by atoms with van der Waals surface area (Å²) < 4.78 is 14.5. The van der Waals surface area contributed by atoms with E-state index in [1.165, 1.54) is 12.1 Å². The molecule has 170 valence electrons. The van der Waals surface area contributed by atoms with Crippen LogP contribution in [0.3, 0.4) is 0 Å². The minimum Gasteiger partial charge on any atom is -0.310 e. The van der Waals surface area contributed by atoms with Crippen molar-refractivity contribution in [2.24, 2.45) is 0 Å². The fourth-order valence-electron chi connectivity index (χ4n) is 4.22. The first kappa shape index (κ1) is 22.6. The Morgan fingerprint density at radius 2 is 0.833 bits per heavy atom. The third-order valence-electron chi connectivity index (χ3n) is 6.02. The van der Waals surface area contributed by atoms with Gasteiger partial charge in [-0.1, -0.05) is 84.9 Å². The highest BCUT2D eigenvalue weighted by atomic mass is 19.1. The van der Waals surface area contributed by atoms with Gasteiger partial charge in [-0.25, -0.2) is 4.39 Å². The molecule has 36 heavy (non-hydrogen) atoms. The number of halogens is 1. The molecule has 0 aliphatic rings. The van der Waals surface area contributed by atoms with Crippen molar-refractivity contribution in [2.45, 2.75) is 0 Å². The summed E-state index contributed by atoms with van der Waals surface area (Å²) in [6.45, 7) is 0. The standard InChI is InChI=1S/C32H20FN3/c33-32-27(21-34)19-31(20-28(32)22-35)36(29-15-11-25(12-16-29)23-7-3-1-4-8-23)30-17-13-26(14-18-30)24-9-5-2-6-10-24/h1-20H. The number of rotatable bonds is 5. The summed E-state index contributed by atoms with van der Waals surface area (Å²) in [5, 5.41) is 19.0. The molecule has 0 aromatic heterocycles. The first-order valence-electron chi connectivity index (χ1n) is 11.4. The maximum atomic E-state index is 14.5. The molecular weight excluding hydrogens is 445 g/mol. The molecular formula is C32H20FN3. The highest BCUT2D eigenvalue weighted by Crippen LogP contribution is 2.38. The number of benzene rings is 5. The maximum absolute atomic E-state index is 14.5. The van der Waals surface area contributed by atoms with Crippen molar-refractivity contribution >= 4 is 17.1 Å². The van der Waals surface area contributed by atoms with Gasteiger partial charge in [-0.2, -0.15) is 10.5 Å². The van der Waals surface area contributed by atoms with Crippen molar-refractivity contribution in [2.75, 3.05) is 4.90 Å². The van der Waals surface area contributed by atoms with Crippen LogP contribution in [0, 0.1) is 28.5 Å². The molecule has 4 heteroatoms. The van der Waals surface area contributed by atoms with Gasteiger partial charge < -0.3 is 4.90 Å². The molecule has 0 amide bonds. The van der Waals surface area contributed by atoms with Gasteiger partial charge >= 0.3 is 0 Å². The van der Waals surface area contributed by atoms with E-state index < -0.39 is 5.82 Å². The van der Waals surface area contributed by atoms with E-state index in [4.69, 9.17) is 0 Å². The number of hydrogen-bond acceptors (Lipinski definition) is 3. The van der Waals surface area contributed by atoms with Gasteiger partial charge in [0.25, 0.3) is 0 Å². The fourth-order valence-corrected chi connectivity index (χ4v) is 4.22. The van der Waals surface area contributed by atoms with Gasteiger partial charge in [-0.3, -0.25) is 0 Å². The van der Waals surface area contributed by atoms with E-state index in [2.05, 4.69) is 0 Å². The van der Waals surface area contributed by atoms with E-state index in [-0.39, 0.29) is 11.1 Å². The second-order valence-electron chi connectivity index (χ2n) is 8.24. The van der Waals surface area contributed by atoms with Gasteiger partial charge in [0.1, 0.15) is 12.1 Å². The molecule has 0 aliphatic heterocycles. The van der Waals surface area contributed by atoms with Crippen molar-refractivity contribution in [3.05, 3.63) is 138 Å². The Bertz CT molecular complexity index is 1460. The summed E-state index contributed by atoms with van der Waals surface area (Å²) in [5.74, 6) is -0.803. The van der Waals surface area contributed by atoms with Crippen LogP contribution < -0.4 is 4.90 Å². The lowest BCUT2D eigenvalue weighted by molar-refractivity contribution is 0.620. The van der Waals surface area contributed by atoms with Crippen LogP contribution in [0.1, 0.15) is 11.1 Å². The topological polar surface area (TPSA) is 50.8 Å². The van der Waals surface area contributed by atoms with Gasteiger partial charge in [0, 0.05) is 17.1 Å². The number of hydrogen-bond donors (Lipinski definition) is 0. The van der Waals surface area contributed by atoms with E-state index in [1.54, 1.807) is 0 Å². The predicted octanol–water partition coefficient (Wildman–Crippen LogP) is 8.37. The molecule has 0 unspecified atom stereocenters.